The number of rotatable bonds is 4. The number of aliphatic hydroxyl groups is 2. The maximum absolute atomic E-state index is 8.93. The van der Waals surface area contributed by atoms with E-state index >= 15 is 0 Å². The molecule has 4 heteroatoms. The largest absolute Gasteiger partial charge is 0.395 e. The molecule has 0 bridgehead atoms. The molecular weight excluding hydrogens is 180 g/mol. The van der Waals surface area contributed by atoms with Crippen molar-refractivity contribution in [2.24, 2.45) is 0 Å². The van der Waals surface area contributed by atoms with Crippen molar-refractivity contribution in [3.63, 3.8) is 0 Å². The summed E-state index contributed by atoms with van der Waals surface area (Å²) in [6, 6.07) is 0.940. The summed E-state index contributed by atoms with van der Waals surface area (Å²) in [5, 5.41) is 17.8. The molecule has 2 atom stereocenters. The second kappa shape index (κ2) is 5.66. The SMILES string of the molecule is CC1CN(CCO)CC(C)N1CCO. The van der Waals surface area contributed by atoms with Gasteiger partial charge in [0.1, 0.15) is 0 Å². The minimum Gasteiger partial charge on any atom is -0.395 e. The van der Waals surface area contributed by atoms with Gasteiger partial charge in [0.2, 0.25) is 0 Å². The highest BCUT2D eigenvalue weighted by molar-refractivity contribution is 4.84. The molecule has 1 heterocycles. The molecular formula is C10H22N2O2. The average molecular weight is 202 g/mol. The summed E-state index contributed by atoms with van der Waals surface area (Å²) < 4.78 is 0. The number of hydrogen-bond acceptors (Lipinski definition) is 4. The standard InChI is InChI=1S/C10H22N2O2/c1-9-7-11(3-5-13)8-10(2)12(9)4-6-14/h9-10,13-14H,3-8H2,1-2H3. The molecule has 1 fully saturated rings. The van der Waals surface area contributed by atoms with Crippen molar-refractivity contribution in [3.8, 4) is 0 Å². The van der Waals surface area contributed by atoms with E-state index < -0.39 is 0 Å². The van der Waals surface area contributed by atoms with Gasteiger partial charge in [0.05, 0.1) is 13.2 Å². The van der Waals surface area contributed by atoms with Gasteiger partial charge in [-0.2, -0.15) is 0 Å². The van der Waals surface area contributed by atoms with Gasteiger partial charge in [-0.1, -0.05) is 0 Å². The van der Waals surface area contributed by atoms with Crippen LogP contribution in [-0.4, -0.2) is 71.5 Å². The van der Waals surface area contributed by atoms with Gasteiger partial charge in [-0.25, -0.2) is 0 Å². The lowest BCUT2D eigenvalue weighted by molar-refractivity contribution is 0.0209. The molecule has 2 unspecified atom stereocenters. The van der Waals surface area contributed by atoms with Gasteiger partial charge in [0, 0.05) is 38.3 Å². The Morgan fingerprint density at radius 1 is 1.00 bits per heavy atom. The van der Waals surface area contributed by atoms with Crippen molar-refractivity contribution in [1.29, 1.82) is 0 Å². The van der Waals surface area contributed by atoms with Gasteiger partial charge >= 0.3 is 0 Å². The van der Waals surface area contributed by atoms with Crippen LogP contribution in [0, 0.1) is 0 Å². The maximum Gasteiger partial charge on any atom is 0.0558 e. The summed E-state index contributed by atoms with van der Waals surface area (Å²) in [6.07, 6.45) is 0. The van der Waals surface area contributed by atoms with Crippen LogP contribution in [0.4, 0.5) is 0 Å². The summed E-state index contributed by atoms with van der Waals surface area (Å²) in [5.41, 5.74) is 0. The third-order valence-electron chi connectivity index (χ3n) is 2.95. The van der Waals surface area contributed by atoms with E-state index in [1.807, 2.05) is 0 Å². The van der Waals surface area contributed by atoms with Crippen molar-refractivity contribution < 1.29 is 10.2 Å². The average Bonchev–Trinajstić information content (AvgIpc) is 2.12. The molecule has 0 spiro atoms. The number of aliphatic hydroxyl groups excluding tert-OH is 2. The molecule has 0 amide bonds. The van der Waals surface area contributed by atoms with E-state index in [1.165, 1.54) is 0 Å². The lowest BCUT2D eigenvalue weighted by atomic mass is 10.1. The highest BCUT2D eigenvalue weighted by Gasteiger charge is 2.28. The Balaban J connectivity index is 2.45. The summed E-state index contributed by atoms with van der Waals surface area (Å²) in [4.78, 5) is 4.61. The zero-order valence-corrected chi connectivity index (χ0v) is 9.19. The lowest BCUT2D eigenvalue weighted by Crippen LogP contribution is -2.57. The Bertz CT molecular complexity index is 154. The molecule has 1 saturated heterocycles. The molecule has 0 saturated carbocycles. The monoisotopic (exact) mass is 202 g/mol. The minimum atomic E-state index is 0.231. The number of β-amino-alcohol motifs (C(OH)–C–C–N with tert-alkyl or cyclic N) is 2. The first-order valence-electron chi connectivity index (χ1n) is 5.38. The molecule has 14 heavy (non-hydrogen) atoms. The zero-order valence-electron chi connectivity index (χ0n) is 9.19. The summed E-state index contributed by atoms with van der Waals surface area (Å²) in [6.45, 7) is 8.33. The summed E-state index contributed by atoms with van der Waals surface area (Å²) >= 11 is 0. The molecule has 84 valence electrons. The van der Waals surface area contributed by atoms with Crippen LogP contribution in [-0.2, 0) is 0 Å². The predicted octanol–water partition coefficient (Wildman–Crippen LogP) is -0.634. The van der Waals surface area contributed by atoms with Crippen LogP contribution in [0.15, 0.2) is 0 Å². The quantitative estimate of drug-likeness (QED) is 0.637. The molecule has 0 radical (unpaired) electrons. The van der Waals surface area contributed by atoms with Crippen LogP contribution in [0.25, 0.3) is 0 Å². The van der Waals surface area contributed by atoms with Crippen LogP contribution < -0.4 is 0 Å². The Hall–Kier alpha value is -0.160. The Labute approximate surface area is 86.1 Å². The van der Waals surface area contributed by atoms with Gasteiger partial charge in [-0.15, -0.1) is 0 Å². The highest BCUT2D eigenvalue weighted by Crippen LogP contribution is 2.14. The third-order valence-corrected chi connectivity index (χ3v) is 2.95. The molecule has 0 aromatic heterocycles. The van der Waals surface area contributed by atoms with E-state index in [0.29, 0.717) is 12.1 Å². The van der Waals surface area contributed by atoms with Crippen molar-refractivity contribution in [3.05, 3.63) is 0 Å². The smallest absolute Gasteiger partial charge is 0.0558 e. The van der Waals surface area contributed by atoms with E-state index in [-0.39, 0.29) is 13.2 Å². The van der Waals surface area contributed by atoms with Gasteiger partial charge in [0.25, 0.3) is 0 Å². The molecule has 1 rings (SSSR count). The predicted molar refractivity (Wildman–Crippen MR) is 56.2 cm³/mol. The highest BCUT2D eigenvalue weighted by atomic mass is 16.3. The van der Waals surface area contributed by atoms with E-state index in [0.717, 1.165) is 26.2 Å². The van der Waals surface area contributed by atoms with Crippen molar-refractivity contribution >= 4 is 0 Å². The first-order chi connectivity index (χ1) is 6.69. The van der Waals surface area contributed by atoms with E-state index in [1.54, 1.807) is 0 Å². The van der Waals surface area contributed by atoms with E-state index in [2.05, 4.69) is 23.6 Å². The summed E-state index contributed by atoms with van der Waals surface area (Å²) in [5.74, 6) is 0. The van der Waals surface area contributed by atoms with Crippen LogP contribution in [0.5, 0.6) is 0 Å². The zero-order chi connectivity index (χ0) is 10.6. The normalized spacial score (nSPS) is 30.9. The first-order valence-corrected chi connectivity index (χ1v) is 5.38. The van der Waals surface area contributed by atoms with Crippen LogP contribution in [0.2, 0.25) is 0 Å². The molecule has 0 aromatic rings. The topological polar surface area (TPSA) is 46.9 Å². The Morgan fingerprint density at radius 3 is 1.93 bits per heavy atom. The van der Waals surface area contributed by atoms with Gasteiger partial charge in [-0.3, -0.25) is 9.80 Å². The molecule has 0 aliphatic carbocycles. The molecule has 4 nitrogen and oxygen atoms in total. The number of hydrogen-bond donors (Lipinski definition) is 2. The lowest BCUT2D eigenvalue weighted by Gasteiger charge is -2.44. The van der Waals surface area contributed by atoms with Crippen LogP contribution in [0.1, 0.15) is 13.8 Å². The second-order valence-electron chi connectivity index (χ2n) is 4.14. The van der Waals surface area contributed by atoms with Crippen LogP contribution in [0.3, 0.4) is 0 Å². The number of piperazine rings is 1. The minimum absolute atomic E-state index is 0.231. The van der Waals surface area contributed by atoms with Crippen molar-refractivity contribution in [2.45, 2.75) is 25.9 Å². The summed E-state index contributed by atoms with van der Waals surface area (Å²) in [7, 11) is 0. The number of nitrogens with zero attached hydrogens (tertiary/aromatic N) is 2. The third kappa shape index (κ3) is 2.92. The van der Waals surface area contributed by atoms with Gasteiger partial charge in [0.15, 0.2) is 0 Å². The Morgan fingerprint density at radius 2 is 1.50 bits per heavy atom. The van der Waals surface area contributed by atoms with E-state index in [4.69, 9.17) is 10.2 Å². The molecule has 0 aromatic carbocycles. The van der Waals surface area contributed by atoms with Gasteiger partial charge in [-0.05, 0) is 13.8 Å². The van der Waals surface area contributed by atoms with Crippen molar-refractivity contribution in [1.82, 2.24) is 9.80 Å². The van der Waals surface area contributed by atoms with Gasteiger partial charge < -0.3 is 10.2 Å². The molecule has 1 aliphatic heterocycles. The molecule has 1 aliphatic rings. The second-order valence-corrected chi connectivity index (χ2v) is 4.14. The van der Waals surface area contributed by atoms with Crippen LogP contribution >= 0.6 is 0 Å². The maximum atomic E-state index is 8.93. The fraction of sp³-hybridized carbons (Fsp3) is 1.00. The van der Waals surface area contributed by atoms with Crippen molar-refractivity contribution in [2.75, 3.05) is 39.4 Å². The fourth-order valence-corrected chi connectivity index (χ4v) is 2.35. The fourth-order valence-electron chi connectivity index (χ4n) is 2.35. The first kappa shape index (κ1) is 11.9. The van der Waals surface area contributed by atoms with E-state index in [9.17, 15) is 0 Å². The molecule has 2 N–H and O–H groups in total. The Kier molecular flexibility index (Phi) is 4.81.